The third-order valence-corrected chi connectivity index (χ3v) is 8.36. The molecule has 2 aliphatic rings. The molecule has 0 aromatic heterocycles. The largest absolute Gasteiger partial charge is 0.369 e. The second-order valence-electron chi connectivity index (χ2n) is 8.28. The summed E-state index contributed by atoms with van der Waals surface area (Å²) in [6.07, 6.45) is 0. The summed E-state index contributed by atoms with van der Waals surface area (Å²) in [5.41, 5.74) is 1.06. The summed E-state index contributed by atoms with van der Waals surface area (Å²) < 4.78 is 36.7. The number of aliphatic imine (C=N–C) groups is 1. The molecule has 0 spiro atoms. The second-order valence-corrected chi connectivity index (χ2v) is 11.0. The predicted octanol–water partition coefficient (Wildman–Crippen LogP) is 1.65. The Morgan fingerprint density at radius 2 is 1.77 bits per heavy atom. The number of guanidine groups is 1. The number of sulfone groups is 1. The van der Waals surface area contributed by atoms with Crippen LogP contribution in [0.5, 0.6) is 0 Å². The molecule has 3 rings (SSSR count). The maximum Gasteiger partial charge on any atom is 0.193 e. The van der Waals surface area contributed by atoms with Gasteiger partial charge in [-0.1, -0.05) is 0 Å². The van der Waals surface area contributed by atoms with Crippen LogP contribution in [0, 0.1) is 5.82 Å². The summed E-state index contributed by atoms with van der Waals surface area (Å²) in [6, 6.07) is 6.67. The molecule has 0 radical (unpaired) electrons. The van der Waals surface area contributed by atoms with Gasteiger partial charge in [-0.2, -0.15) is 0 Å². The van der Waals surface area contributed by atoms with Crippen LogP contribution >= 0.6 is 24.0 Å². The van der Waals surface area contributed by atoms with Crippen molar-refractivity contribution >= 4 is 45.5 Å². The van der Waals surface area contributed by atoms with E-state index >= 15 is 0 Å². The van der Waals surface area contributed by atoms with Gasteiger partial charge in [0.2, 0.25) is 0 Å². The lowest BCUT2D eigenvalue weighted by Gasteiger charge is -2.39. The molecule has 2 fully saturated rings. The van der Waals surface area contributed by atoms with Gasteiger partial charge in [-0.15, -0.1) is 24.0 Å². The zero-order chi connectivity index (χ0) is 21.1. The van der Waals surface area contributed by atoms with E-state index in [-0.39, 0.29) is 35.5 Å². The van der Waals surface area contributed by atoms with E-state index in [0.717, 1.165) is 50.9 Å². The molecule has 2 saturated heterocycles. The average Bonchev–Trinajstić information content (AvgIpc) is 2.69. The molecule has 0 atom stereocenters. The number of anilines is 1. The second kappa shape index (κ2) is 10.4. The molecular formula is C20H33FIN5O2S. The van der Waals surface area contributed by atoms with Gasteiger partial charge in [-0.05, 0) is 38.1 Å². The highest BCUT2D eigenvalue weighted by Crippen LogP contribution is 2.23. The average molecular weight is 553 g/mol. The van der Waals surface area contributed by atoms with E-state index < -0.39 is 14.6 Å². The first-order chi connectivity index (χ1) is 13.7. The van der Waals surface area contributed by atoms with Crippen molar-refractivity contribution in [3.63, 3.8) is 0 Å². The van der Waals surface area contributed by atoms with Crippen molar-refractivity contribution < 1.29 is 12.8 Å². The standard InChI is InChI=1S/C20H32FN5O2S.HI/c1-20(2)16-26(14-15-29(20,27)28)19(22-3)23-8-9-24-10-12-25(13-11-24)18-6-4-17(21)5-7-18;/h4-7H,8-16H2,1-3H3,(H,22,23);1H. The minimum absolute atomic E-state index is 0. The molecule has 0 saturated carbocycles. The Balaban J connectivity index is 0.00000320. The SMILES string of the molecule is CN=C(NCCN1CCN(c2ccc(F)cc2)CC1)N1CCS(=O)(=O)C(C)(C)C1.I. The third-order valence-electron chi connectivity index (χ3n) is 5.83. The topological polar surface area (TPSA) is 68.2 Å². The van der Waals surface area contributed by atoms with Gasteiger partial charge in [0, 0.05) is 65.1 Å². The summed E-state index contributed by atoms with van der Waals surface area (Å²) >= 11 is 0. The predicted molar refractivity (Wildman–Crippen MR) is 131 cm³/mol. The number of benzene rings is 1. The Bertz CT molecular complexity index is 824. The summed E-state index contributed by atoms with van der Waals surface area (Å²) in [5, 5.41) is 3.38. The lowest BCUT2D eigenvalue weighted by Crippen LogP contribution is -2.58. The van der Waals surface area contributed by atoms with Crippen molar-refractivity contribution in [2.45, 2.75) is 18.6 Å². The van der Waals surface area contributed by atoms with Crippen molar-refractivity contribution in [3.8, 4) is 0 Å². The Labute approximate surface area is 196 Å². The van der Waals surface area contributed by atoms with Crippen LogP contribution in [0.1, 0.15) is 13.8 Å². The van der Waals surface area contributed by atoms with E-state index in [9.17, 15) is 12.8 Å². The number of nitrogens with one attached hydrogen (secondary N) is 1. The summed E-state index contributed by atoms with van der Waals surface area (Å²) in [4.78, 5) is 11.1. The smallest absolute Gasteiger partial charge is 0.193 e. The first-order valence-corrected chi connectivity index (χ1v) is 11.8. The van der Waals surface area contributed by atoms with Gasteiger partial charge in [-0.3, -0.25) is 9.89 Å². The first-order valence-electron chi connectivity index (χ1n) is 10.1. The molecule has 30 heavy (non-hydrogen) atoms. The van der Waals surface area contributed by atoms with Crippen LogP contribution < -0.4 is 10.2 Å². The van der Waals surface area contributed by atoms with E-state index in [1.807, 2.05) is 17.0 Å². The Morgan fingerprint density at radius 1 is 1.13 bits per heavy atom. The lowest BCUT2D eigenvalue weighted by molar-refractivity contribution is 0.259. The molecule has 170 valence electrons. The van der Waals surface area contributed by atoms with Crippen LogP contribution in [-0.2, 0) is 9.84 Å². The van der Waals surface area contributed by atoms with Crippen LogP contribution in [-0.4, -0.2) is 94.1 Å². The van der Waals surface area contributed by atoms with E-state index in [1.54, 1.807) is 20.9 Å². The van der Waals surface area contributed by atoms with Gasteiger partial charge in [0.05, 0.1) is 10.5 Å². The van der Waals surface area contributed by atoms with E-state index in [1.165, 1.54) is 12.1 Å². The fourth-order valence-corrected chi connectivity index (χ4v) is 5.23. The van der Waals surface area contributed by atoms with Crippen LogP contribution in [0.4, 0.5) is 10.1 Å². The minimum Gasteiger partial charge on any atom is -0.369 e. The fraction of sp³-hybridized carbons (Fsp3) is 0.650. The molecule has 0 aliphatic carbocycles. The molecule has 2 heterocycles. The number of rotatable bonds is 4. The van der Waals surface area contributed by atoms with Crippen LogP contribution in [0.25, 0.3) is 0 Å². The number of hydrogen-bond acceptors (Lipinski definition) is 5. The van der Waals surface area contributed by atoms with Gasteiger partial charge in [0.15, 0.2) is 15.8 Å². The van der Waals surface area contributed by atoms with Gasteiger partial charge in [0.1, 0.15) is 5.82 Å². The van der Waals surface area contributed by atoms with Gasteiger partial charge >= 0.3 is 0 Å². The maximum atomic E-state index is 13.1. The Morgan fingerprint density at radius 3 is 2.33 bits per heavy atom. The molecule has 0 unspecified atom stereocenters. The highest BCUT2D eigenvalue weighted by atomic mass is 127. The van der Waals surface area contributed by atoms with Crippen LogP contribution in [0.15, 0.2) is 29.3 Å². The van der Waals surface area contributed by atoms with Crippen molar-refractivity contribution in [3.05, 3.63) is 30.1 Å². The normalized spacial score (nSPS) is 21.8. The van der Waals surface area contributed by atoms with Crippen molar-refractivity contribution in [2.24, 2.45) is 4.99 Å². The molecule has 0 amide bonds. The van der Waals surface area contributed by atoms with Crippen molar-refractivity contribution in [1.82, 2.24) is 15.1 Å². The molecule has 0 bridgehead atoms. The van der Waals surface area contributed by atoms with E-state index in [4.69, 9.17) is 0 Å². The first kappa shape index (κ1) is 25.1. The Kier molecular flexibility index (Phi) is 8.75. The number of hydrogen-bond donors (Lipinski definition) is 1. The number of halogens is 2. The minimum atomic E-state index is -3.06. The maximum absolute atomic E-state index is 13.1. The molecule has 10 heteroatoms. The molecule has 1 aromatic carbocycles. The summed E-state index contributed by atoms with van der Waals surface area (Å²) in [7, 11) is -1.33. The summed E-state index contributed by atoms with van der Waals surface area (Å²) in [6.45, 7) is 9.87. The highest BCUT2D eigenvalue weighted by Gasteiger charge is 2.40. The van der Waals surface area contributed by atoms with Crippen LogP contribution in [0.2, 0.25) is 0 Å². The number of nitrogens with zero attached hydrogens (tertiary/aromatic N) is 4. The molecular weight excluding hydrogens is 520 g/mol. The van der Waals surface area contributed by atoms with Gasteiger partial charge in [-0.25, -0.2) is 12.8 Å². The highest BCUT2D eigenvalue weighted by molar-refractivity contribution is 14.0. The molecule has 2 aliphatic heterocycles. The summed E-state index contributed by atoms with van der Waals surface area (Å²) in [5.74, 6) is 0.714. The quantitative estimate of drug-likeness (QED) is 0.348. The fourth-order valence-electron chi connectivity index (χ4n) is 3.86. The zero-order valence-corrected chi connectivity index (χ0v) is 21.1. The Hall–Kier alpha value is -1.14. The molecule has 7 nitrogen and oxygen atoms in total. The molecule has 1 aromatic rings. The monoisotopic (exact) mass is 553 g/mol. The van der Waals surface area contributed by atoms with Crippen molar-refractivity contribution in [2.75, 3.05) is 70.1 Å². The van der Waals surface area contributed by atoms with E-state index in [2.05, 4.69) is 20.1 Å². The van der Waals surface area contributed by atoms with Crippen molar-refractivity contribution in [1.29, 1.82) is 0 Å². The van der Waals surface area contributed by atoms with Gasteiger partial charge in [0.25, 0.3) is 0 Å². The van der Waals surface area contributed by atoms with E-state index in [0.29, 0.717) is 13.1 Å². The van der Waals surface area contributed by atoms with Crippen LogP contribution in [0.3, 0.4) is 0 Å². The third kappa shape index (κ3) is 5.97. The zero-order valence-electron chi connectivity index (χ0n) is 18.0. The molecule has 1 N–H and O–H groups in total. The number of piperazine rings is 1. The lowest BCUT2D eigenvalue weighted by atomic mass is 10.2. The van der Waals surface area contributed by atoms with Gasteiger partial charge < -0.3 is 15.1 Å².